The summed E-state index contributed by atoms with van der Waals surface area (Å²) in [6, 6.07) is 0.425. The van der Waals surface area contributed by atoms with Gasteiger partial charge in [-0.05, 0) is 12.8 Å². The van der Waals surface area contributed by atoms with Gasteiger partial charge in [0.05, 0.1) is 19.2 Å². The average Bonchev–Trinajstić information content (AvgIpc) is 3.10. The minimum Gasteiger partial charge on any atom is -0.383 e. The lowest BCUT2D eigenvalue weighted by atomic mass is 10.2. The summed E-state index contributed by atoms with van der Waals surface area (Å²) in [6.45, 7) is 2.19. The van der Waals surface area contributed by atoms with Crippen LogP contribution in [0.5, 0.6) is 0 Å². The number of methoxy groups -OCH3 is 1. The third-order valence-electron chi connectivity index (χ3n) is 3.28. The maximum atomic E-state index is 11.7. The van der Waals surface area contributed by atoms with Crippen molar-refractivity contribution < 1.29 is 14.3 Å². The van der Waals surface area contributed by atoms with E-state index in [1.54, 1.807) is 7.11 Å². The van der Waals surface area contributed by atoms with Crippen LogP contribution in [0.25, 0.3) is 0 Å². The van der Waals surface area contributed by atoms with Crippen LogP contribution in [-0.4, -0.2) is 62.1 Å². The predicted octanol–water partition coefficient (Wildman–Crippen LogP) is -0.476. The van der Waals surface area contributed by atoms with Gasteiger partial charge in [-0.25, -0.2) is 0 Å². The highest BCUT2D eigenvalue weighted by Crippen LogP contribution is 2.30. The molecule has 2 N–H and O–H groups in total. The second kappa shape index (κ2) is 7.67. The number of rotatable bonds is 7. The van der Waals surface area contributed by atoms with Gasteiger partial charge in [0.15, 0.2) is 0 Å². The topological polar surface area (TPSA) is 70.7 Å². The molecule has 0 radical (unpaired) electrons. The van der Waals surface area contributed by atoms with Crippen molar-refractivity contribution in [1.82, 2.24) is 15.5 Å². The van der Waals surface area contributed by atoms with Crippen LogP contribution < -0.4 is 10.6 Å². The summed E-state index contributed by atoms with van der Waals surface area (Å²) in [6.07, 6.45) is 2.68. The molecule has 19 heavy (non-hydrogen) atoms. The summed E-state index contributed by atoms with van der Waals surface area (Å²) < 4.78 is 4.87. The number of carbonyl (C=O) groups is 2. The first-order chi connectivity index (χ1) is 8.70. The van der Waals surface area contributed by atoms with Gasteiger partial charge in [-0.3, -0.25) is 9.59 Å². The van der Waals surface area contributed by atoms with Crippen LogP contribution in [0.3, 0.4) is 0 Å². The number of nitrogens with one attached hydrogen (secondary N) is 2. The fourth-order valence-electron chi connectivity index (χ4n) is 2.22. The lowest BCUT2D eigenvalue weighted by Crippen LogP contribution is -2.42. The monoisotopic (exact) mass is 291 g/mol. The first-order valence-electron chi connectivity index (χ1n) is 6.49. The summed E-state index contributed by atoms with van der Waals surface area (Å²) in [7, 11) is 1.62. The van der Waals surface area contributed by atoms with Crippen molar-refractivity contribution in [1.29, 1.82) is 0 Å². The zero-order valence-electron chi connectivity index (χ0n) is 11.2. The second-order valence-electron chi connectivity index (χ2n) is 4.92. The molecule has 0 aromatic rings. The minimum absolute atomic E-state index is 0. The van der Waals surface area contributed by atoms with Crippen molar-refractivity contribution in [3.05, 3.63) is 0 Å². The number of nitrogens with zero attached hydrogens (tertiary/aromatic N) is 1. The third kappa shape index (κ3) is 4.97. The maximum absolute atomic E-state index is 11.7. The van der Waals surface area contributed by atoms with Crippen molar-refractivity contribution in [2.75, 3.05) is 33.4 Å². The number of likely N-dealkylation sites (tertiary alicyclic amines) is 1. The Bertz CT molecular complexity index is 323. The number of amides is 2. The van der Waals surface area contributed by atoms with Crippen LogP contribution in [-0.2, 0) is 14.3 Å². The molecule has 2 amide bonds. The van der Waals surface area contributed by atoms with Gasteiger partial charge in [0.25, 0.3) is 0 Å². The van der Waals surface area contributed by atoms with E-state index in [4.69, 9.17) is 4.74 Å². The van der Waals surface area contributed by atoms with Crippen molar-refractivity contribution in [2.24, 2.45) is 0 Å². The van der Waals surface area contributed by atoms with Gasteiger partial charge < -0.3 is 20.3 Å². The Morgan fingerprint density at radius 3 is 2.84 bits per heavy atom. The molecule has 1 heterocycles. The fraction of sp³-hybridized carbons (Fsp3) is 0.833. The predicted molar refractivity (Wildman–Crippen MR) is 73.3 cm³/mol. The number of ether oxygens (including phenoxy) is 1. The van der Waals surface area contributed by atoms with Crippen LogP contribution in [0.2, 0.25) is 0 Å². The molecule has 1 saturated carbocycles. The van der Waals surface area contributed by atoms with Crippen LogP contribution in [0, 0.1) is 0 Å². The van der Waals surface area contributed by atoms with Gasteiger partial charge >= 0.3 is 0 Å². The number of halogens is 1. The number of hydrogen-bond acceptors (Lipinski definition) is 4. The number of hydrogen-bond donors (Lipinski definition) is 2. The molecule has 1 aliphatic heterocycles. The summed E-state index contributed by atoms with van der Waals surface area (Å²) in [5.41, 5.74) is 0. The van der Waals surface area contributed by atoms with Crippen molar-refractivity contribution in [3.63, 3.8) is 0 Å². The molecule has 1 aliphatic carbocycles. The van der Waals surface area contributed by atoms with Crippen LogP contribution in [0.15, 0.2) is 0 Å². The molecule has 6 nitrogen and oxygen atoms in total. The van der Waals surface area contributed by atoms with E-state index >= 15 is 0 Å². The van der Waals surface area contributed by atoms with Gasteiger partial charge in [0, 0.05) is 32.7 Å². The van der Waals surface area contributed by atoms with Crippen LogP contribution in [0.4, 0.5) is 0 Å². The molecule has 2 rings (SSSR count). The lowest BCUT2D eigenvalue weighted by molar-refractivity contribution is -0.128. The van der Waals surface area contributed by atoms with E-state index in [9.17, 15) is 9.59 Å². The first kappa shape index (κ1) is 16.2. The van der Waals surface area contributed by atoms with E-state index in [2.05, 4.69) is 10.6 Å². The molecule has 110 valence electrons. The molecular formula is C12H22ClN3O3. The Morgan fingerprint density at radius 1 is 1.47 bits per heavy atom. The molecule has 2 fully saturated rings. The first-order valence-corrected chi connectivity index (χ1v) is 6.49. The molecule has 0 aromatic carbocycles. The van der Waals surface area contributed by atoms with Gasteiger partial charge in [0.1, 0.15) is 0 Å². The Morgan fingerprint density at radius 2 is 2.21 bits per heavy atom. The smallest absolute Gasteiger partial charge is 0.234 e. The van der Waals surface area contributed by atoms with Gasteiger partial charge in [-0.1, -0.05) is 0 Å². The van der Waals surface area contributed by atoms with Gasteiger partial charge in [-0.2, -0.15) is 0 Å². The van der Waals surface area contributed by atoms with Gasteiger partial charge in [-0.15, -0.1) is 12.4 Å². The maximum Gasteiger partial charge on any atom is 0.234 e. The molecule has 2 aliphatic rings. The van der Waals surface area contributed by atoms with Crippen molar-refractivity contribution in [2.45, 2.75) is 31.3 Å². The van der Waals surface area contributed by atoms with Gasteiger partial charge in [0.2, 0.25) is 11.8 Å². The van der Waals surface area contributed by atoms with E-state index in [0.29, 0.717) is 32.2 Å². The third-order valence-corrected chi connectivity index (χ3v) is 3.28. The highest BCUT2D eigenvalue weighted by molar-refractivity contribution is 5.85. The molecule has 0 spiro atoms. The fourth-order valence-corrected chi connectivity index (χ4v) is 2.22. The van der Waals surface area contributed by atoms with E-state index in [1.165, 1.54) is 0 Å². The lowest BCUT2D eigenvalue weighted by Gasteiger charge is -2.16. The van der Waals surface area contributed by atoms with E-state index in [-0.39, 0.29) is 36.8 Å². The largest absolute Gasteiger partial charge is 0.383 e. The highest BCUT2D eigenvalue weighted by Gasteiger charge is 2.39. The Balaban J connectivity index is 0.00000180. The summed E-state index contributed by atoms with van der Waals surface area (Å²) in [5, 5.41) is 5.88. The summed E-state index contributed by atoms with van der Waals surface area (Å²) in [5.74, 6) is 0.122. The van der Waals surface area contributed by atoms with E-state index in [1.807, 2.05) is 4.90 Å². The molecule has 1 saturated heterocycles. The highest BCUT2D eigenvalue weighted by atomic mass is 35.5. The summed E-state index contributed by atoms with van der Waals surface area (Å²) in [4.78, 5) is 25.2. The normalized spacial score (nSPS) is 22.3. The SMILES string of the molecule is COCCNCC(=O)NC1CC(=O)N(C2CC2)C1.Cl. The second-order valence-corrected chi connectivity index (χ2v) is 4.92. The molecule has 0 bridgehead atoms. The van der Waals surface area contributed by atoms with E-state index < -0.39 is 0 Å². The quantitative estimate of drug-likeness (QED) is 0.622. The summed E-state index contributed by atoms with van der Waals surface area (Å²) >= 11 is 0. The standard InChI is InChI=1S/C12H21N3O3.ClH/c1-18-5-4-13-7-11(16)14-9-6-12(17)15(8-9)10-2-3-10;/h9-10,13H,2-8H2,1H3,(H,14,16);1H. The average molecular weight is 292 g/mol. The Labute approximate surface area is 119 Å². The Hall–Kier alpha value is -0.850. The molecule has 1 unspecified atom stereocenters. The molecular weight excluding hydrogens is 270 g/mol. The molecule has 1 atom stereocenters. The van der Waals surface area contributed by atoms with Crippen LogP contribution in [0.1, 0.15) is 19.3 Å². The zero-order chi connectivity index (χ0) is 13.0. The zero-order valence-corrected chi connectivity index (χ0v) is 12.0. The minimum atomic E-state index is -0.0541. The van der Waals surface area contributed by atoms with Crippen molar-refractivity contribution in [3.8, 4) is 0 Å². The Kier molecular flexibility index (Phi) is 6.54. The van der Waals surface area contributed by atoms with Crippen molar-refractivity contribution >= 4 is 24.2 Å². The van der Waals surface area contributed by atoms with Crippen LogP contribution >= 0.6 is 12.4 Å². The molecule has 7 heteroatoms. The van der Waals surface area contributed by atoms with E-state index in [0.717, 1.165) is 12.8 Å². The number of carbonyl (C=O) groups excluding carboxylic acids is 2. The molecule has 0 aromatic heterocycles.